The summed E-state index contributed by atoms with van der Waals surface area (Å²) in [6, 6.07) is 1.57. The van der Waals surface area contributed by atoms with Gasteiger partial charge in [-0.15, -0.1) is 11.6 Å². The van der Waals surface area contributed by atoms with E-state index in [1.807, 2.05) is 0 Å². The van der Waals surface area contributed by atoms with Crippen molar-refractivity contribution in [1.82, 2.24) is 4.98 Å². The topological polar surface area (TPSA) is 22.1 Å². The predicted octanol–water partition coefficient (Wildman–Crippen LogP) is 3.08. The van der Waals surface area contributed by atoms with Crippen LogP contribution >= 0.6 is 11.6 Å². The molecule has 0 fully saturated rings. The number of aryl methyl sites for hydroxylation is 1. The SMILES string of the molecule is COc1nc(C(F)F)c(CCl)cc1C. The third kappa shape index (κ3) is 2.12. The Morgan fingerprint density at radius 2 is 2.21 bits per heavy atom. The molecule has 14 heavy (non-hydrogen) atoms. The van der Waals surface area contributed by atoms with Gasteiger partial charge in [-0.05, 0) is 18.6 Å². The molecule has 0 atom stereocenters. The number of rotatable bonds is 3. The second kappa shape index (κ2) is 4.55. The van der Waals surface area contributed by atoms with E-state index >= 15 is 0 Å². The van der Waals surface area contributed by atoms with Crippen LogP contribution in [0.3, 0.4) is 0 Å². The molecular weight excluding hydrogens is 212 g/mol. The van der Waals surface area contributed by atoms with Crippen molar-refractivity contribution >= 4 is 11.6 Å². The summed E-state index contributed by atoms with van der Waals surface area (Å²) in [5.41, 5.74) is 0.745. The second-order valence-corrected chi connectivity index (χ2v) is 3.06. The maximum atomic E-state index is 12.5. The van der Waals surface area contributed by atoms with Gasteiger partial charge in [0.05, 0.1) is 7.11 Å². The van der Waals surface area contributed by atoms with Crippen LogP contribution in [0.15, 0.2) is 6.07 Å². The zero-order chi connectivity index (χ0) is 10.7. The van der Waals surface area contributed by atoms with Gasteiger partial charge in [-0.2, -0.15) is 0 Å². The van der Waals surface area contributed by atoms with Crippen molar-refractivity contribution in [2.24, 2.45) is 0 Å². The fourth-order valence-corrected chi connectivity index (χ4v) is 1.38. The Kier molecular flexibility index (Phi) is 3.63. The number of pyridine rings is 1. The molecule has 0 spiro atoms. The molecule has 0 aliphatic rings. The second-order valence-electron chi connectivity index (χ2n) is 2.79. The molecule has 0 N–H and O–H groups in total. The number of halogens is 3. The molecule has 0 aliphatic heterocycles. The van der Waals surface area contributed by atoms with Gasteiger partial charge in [-0.1, -0.05) is 0 Å². The Hall–Kier alpha value is -0.900. The van der Waals surface area contributed by atoms with Crippen molar-refractivity contribution in [2.45, 2.75) is 19.2 Å². The minimum Gasteiger partial charge on any atom is -0.481 e. The zero-order valence-corrected chi connectivity index (χ0v) is 8.61. The van der Waals surface area contributed by atoms with Crippen LogP contribution in [0, 0.1) is 6.92 Å². The highest BCUT2D eigenvalue weighted by atomic mass is 35.5. The fraction of sp³-hybridized carbons (Fsp3) is 0.444. The Morgan fingerprint density at radius 1 is 1.57 bits per heavy atom. The molecule has 0 saturated carbocycles. The van der Waals surface area contributed by atoms with Crippen LogP contribution in [0.4, 0.5) is 8.78 Å². The number of nitrogens with zero attached hydrogens (tertiary/aromatic N) is 1. The maximum Gasteiger partial charge on any atom is 0.280 e. The van der Waals surface area contributed by atoms with Crippen LogP contribution in [-0.2, 0) is 5.88 Å². The van der Waals surface area contributed by atoms with Crippen LogP contribution in [-0.4, -0.2) is 12.1 Å². The van der Waals surface area contributed by atoms with E-state index in [2.05, 4.69) is 4.98 Å². The van der Waals surface area contributed by atoms with E-state index in [1.54, 1.807) is 13.0 Å². The number of aromatic nitrogens is 1. The molecule has 0 radical (unpaired) electrons. The van der Waals surface area contributed by atoms with E-state index in [9.17, 15) is 8.78 Å². The minimum atomic E-state index is -2.63. The average molecular weight is 222 g/mol. The number of methoxy groups -OCH3 is 1. The van der Waals surface area contributed by atoms with Crippen LogP contribution in [0.25, 0.3) is 0 Å². The molecule has 0 bridgehead atoms. The van der Waals surface area contributed by atoms with E-state index in [-0.39, 0.29) is 17.5 Å². The molecule has 0 unspecified atom stereocenters. The number of ether oxygens (including phenoxy) is 1. The Labute approximate surface area is 85.9 Å². The first kappa shape index (κ1) is 11.2. The van der Waals surface area contributed by atoms with Crippen molar-refractivity contribution < 1.29 is 13.5 Å². The normalized spacial score (nSPS) is 10.7. The lowest BCUT2D eigenvalue weighted by Crippen LogP contribution is -2.01. The molecule has 0 saturated heterocycles. The van der Waals surface area contributed by atoms with Gasteiger partial charge in [0.25, 0.3) is 6.43 Å². The Morgan fingerprint density at radius 3 is 2.64 bits per heavy atom. The largest absolute Gasteiger partial charge is 0.481 e. The van der Waals surface area contributed by atoms with E-state index in [1.165, 1.54) is 7.11 Å². The van der Waals surface area contributed by atoms with Crippen LogP contribution < -0.4 is 4.74 Å². The van der Waals surface area contributed by atoms with Gasteiger partial charge in [0.1, 0.15) is 5.69 Å². The summed E-state index contributed by atoms with van der Waals surface area (Å²) < 4.78 is 29.8. The third-order valence-corrected chi connectivity index (χ3v) is 2.11. The monoisotopic (exact) mass is 221 g/mol. The highest BCUT2D eigenvalue weighted by molar-refractivity contribution is 6.17. The van der Waals surface area contributed by atoms with Crippen molar-refractivity contribution in [3.05, 3.63) is 22.9 Å². The first-order valence-electron chi connectivity index (χ1n) is 3.98. The third-order valence-electron chi connectivity index (χ3n) is 1.82. The summed E-state index contributed by atoms with van der Waals surface area (Å²) in [5.74, 6) is 0.242. The first-order chi connectivity index (χ1) is 6.60. The maximum absolute atomic E-state index is 12.5. The number of hydrogen-bond donors (Lipinski definition) is 0. The van der Waals surface area contributed by atoms with Crippen molar-refractivity contribution in [2.75, 3.05) is 7.11 Å². The zero-order valence-electron chi connectivity index (χ0n) is 7.85. The molecule has 2 nitrogen and oxygen atoms in total. The Bertz CT molecular complexity index is 331. The van der Waals surface area contributed by atoms with Gasteiger partial charge in [0, 0.05) is 11.4 Å². The van der Waals surface area contributed by atoms with E-state index in [4.69, 9.17) is 16.3 Å². The summed E-state index contributed by atoms with van der Waals surface area (Å²) in [6.45, 7) is 1.73. The molecule has 1 aromatic heterocycles. The lowest BCUT2D eigenvalue weighted by atomic mass is 10.1. The van der Waals surface area contributed by atoms with Gasteiger partial charge in [-0.3, -0.25) is 0 Å². The highest BCUT2D eigenvalue weighted by Crippen LogP contribution is 2.27. The summed E-state index contributed by atoms with van der Waals surface area (Å²) in [6.07, 6.45) is -2.63. The molecule has 1 heterocycles. The minimum absolute atomic E-state index is 0.0253. The number of hydrogen-bond acceptors (Lipinski definition) is 2. The van der Waals surface area contributed by atoms with Gasteiger partial charge >= 0.3 is 0 Å². The van der Waals surface area contributed by atoms with E-state index < -0.39 is 6.43 Å². The average Bonchev–Trinajstić information content (AvgIpc) is 2.16. The smallest absolute Gasteiger partial charge is 0.280 e. The molecule has 1 aromatic rings. The highest BCUT2D eigenvalue weighted by Gasteiger charge is 2.17. The van der Waals surface area contributed by atoms with Crippen molar-refractivity contribution in [3.63, 3.8) is 0 Å². The summed E-state index contributed by atoms with van der Waals surface area (Å²) in [4.78, 5) is 3.70. The molecular formula is C9H10ClF2NO. The summed E-state index contributed by atoms with van der Waals surface area (Å²) >= 11 is 5.53. The fourth-order valence-electron chi connectivity index (χ4n) is 1.17. The quantitative estimate of drug-likeness (QED) is 0.732. The van der Waals surface area contributed by atoms with Crippen molar-refractivity contribution in [3.8, 4) is 5.88 Å². The number of alkyl halides is 3. The van der Waals surface area contributed by atoms with Crippen molar-refractivity contribution in [1.29, 1.82) is 0 Å². The van der Waals surface area contributed by atoms with Gasteiger partial charge < -0.3 is 4.74 Å². The van der Waals surface area contributed by atoms with Crippen LogP contribution in [0.1, 0.15) is 23.2 Å². The summed E-state index contributed by atoms with van der Waals surface area (Å²) in [7, 11) is 1.39. The molecule has 0 aromatic carbocycles. The summed E-state index contributed by atoms with van der Waals surface area (Å²) in [5, 5.41) is 0. The lowest BCUT2D eigenvalue weighted by molar-refractivity contribution is 0.144. The van der Waals surface area contributed by atoms with Gasteiger partial charge in [-0.25, -0.2) is 13.8 Å². The van der Waals surface area contributed by atoms with Gasteiger partial charge in [0.2, 0.25) is 5.88 Å². The first-order valence-corrected chi connectivity index (χ1v) is 4.52. The Balaban J connectivity index is 3.25. The van der Waals surface area contributed by atoms with Gasteiger partial charge in [0.15, 0.2) is 0 Å². The van der Waals surface area contributed by atoms with Crippen LogP contribution in [0.2, 0.25) is 0 Å². The van der Waals surface area contributed by atoms with Crippen LogP contribution in [0.5, 0.6) is 5.88 Å². The molecule has 1 rings (SSSR count). The lowest BCUT2D eigenvalue weighted by Gasteiger charge is -2.10. The van der Waals surface area contributed by atoms with E-state index in [0.29, 0.717) is 11.1 Å². The van der Waals surface area contributed by atoms with E-state index in [0.717, 1.165) is 0 Å². The molecule has 5 heteroatoms. The predicted molar refractivity (Wildman–Crippen MR) is 50.0 cm³/mol. The molecule has 0 aliphatic carbocycles. The standard InChI is InChI=1S/C9H10ClF2NO/c1-5-3-6(4-10)7(8(11)12)13-9(5)14-2/h3,8H,4H2,1-2H3. The molecule has 78 valence electrons. The molecule has 0 amide bonds.